The molecule has 1 saturated heterocycles. The molecule has 0 aromatic rings. The molecule has 108 valence electrons. The van der Waals surface area contributed by atoms with E-state index in [1.165, 1.54) is 12.8 Å². The number of hydrogen-bond donors (Lipinski definition) is 1. The van der Waals surface area contributed by atoms with Gasteiger partial charge in [-0.1, -0.05) is 12.2 Å². The second kappa shape index (κ2) is 7.09. The van der Waals surface area contributed by atoms with Crippen LogP contribution in [0.2, 0.25) is 0 Å². The van der Waals surface area contributed by atoms with Crippen LogP contribution in [0.15, 0.2) is 12.2 Å². The average Bonchev–Trinajstić information content (AvgIpc) is 2.46. The van der Waals surface area contributed by atoms with Crippen LogP contribution in [0, 0.1) is 11.8 Å². The lowest BCUT2D eigenvalue weighted by molar-refractivity contribution is -0.138. The zero-order chi connectivity index (χ0) is 13.7. The van der Waals surface area contributed by atoms with E-state index >= 15 is 0 Å². The number of piperidine rings is 1. The van der Waals surface area contributed by atoms with Crippen LogP contribution in [-0.4, -0.2) is 36.5 Å². The van der Waals surface area contributed by atoms with Gasteiger partial charge in [-0.3, -0.25) is 4.79 Å². The molecule has 1 aliphatic heterocycles. The zero-order valence-electron chi connectivity index (χ0n) is 12.4. The summed E-state index contributed by atoms with van der Waals surface area (Å²) >= 11 is 0. The molecule has 2 aliphatic rings. The number of carbonyl (C=O) groups is 1. The molecule has 19 heavy (non-hydrogen) atoms. The monoisotopic (exact) mass is 264 g/mol. The highest BCUT2D eigenvalue weighted by Crippen LogP contribution is 2.23. The summed E-state index contributed by atoms with van der Waals surface area (Å²) in [5, 5.41) is 3.40. The van der Waals surface area contributed by atoms with Crippen molar-refractivity contribution in [3.8, 4) is 0 Å². The number of carbonyl (C=O) groups excluding carboxylic acids is 1. The first-order valence-corrected chi connectivity index (χ1v) is 7.84. The van der Waals surface area contributed by atoms with Gasteiger partial charge in [0, 0.05) is 18.5 Å². The molecule has 1 fully saturated rings. The van der Waals surface area contributed by atoms with E-state index < -0.39 is 0 Å². The van der Waals surface area contributed by atoms with E-state index in [1.807, 2.05) is 0 Å². The Bertz CT molecular complexity index is 319. The van der Waals surface area contributed by atoms with Crippen LogP contribution in [-0.2, 0) is 4.79 Å². The van der Waals surface area contributed by atoms with Gasteiger partial charge in [0.15, 0.2) is 0 Å². The van der Waals surface area contributed by atoms with Gasteiger partial charge in [-0.25, -0.2) is 0 Å². The summed E-state index contributed by atoms with van der Waals surface area (Å²) in [5.74, 6) is 1.30. The molecule has 1 unspecified atom stereocenters. The van der Waals surface area contributed by atoms with Gasteiger partial charge in [-0.15, -0.1) is 0 Å². The van der Waals surface area contributed by atoms with Crippen molar-refractivity contribution in [2.75, 3.05) is 19.6 Å². The third-order valence-electron chi connectivity index (χ3n) is 4.44. The Labute approximate surface area is 117 Å². The molecule has 2 rings (SSSR count). The molecule has 1 heterocycles. The summed E-state index contributed by atoms with van der Waals surface area (Å²) in [6, 6.07) is 0.327. The summed E-state index contributed by atoms with van der Waals surface area (Å²) < 4.78 is 0. The molecular weight excluding hydrogens is 236 g/mol. The van der Waals surface area contributed by atoms with E-state index in [4.69, 9.17) is 0 Å². The fourth-order valence-corrected chi connectivity index (χ4v) is 3.15. The Morgan fingerprint density at radius 3 is 2.58 bits per heavy atom. The van der Waals surface area contributed by atoms with Gasteiger partial charge < -0.3 is 10.2 Å². The van der Waals surface area contributed by atoms with E-state index in [0.29, 0.717) is 17.9 Å². The molecule has 0 saturated carbocycles. The van der Waals surface area contributed by atoms with Crippen molar-refractivity contribution < 1.29 is 4.79 Å². The largest absolute Gasteiger partial charge is 0.340 e. The molecule has 3 nitrogen and oxygen atoms in total. The quantitative estimate of drug-likeness (QED) is 0.792. The number of amides is 1. The van der Waals surface area contributed by atoms with Crippen LogP contribution in [0.1, 0.15) is 46.0 Å². The van der Waals surface area contributed by atoms with E-state index in [1.54, 1.807) is 0 Å². The van der Waals surface area contributed by atoms with Crippen LogP contribution in [0.4, 0.5) is 0 Å². The SMILES string of the molecule is CC(C)N(CC1CCNCC1)C(=O)C1CC=CCC1. The maximum Gasteiger partial charge on any atom is 0.226 e. The minimum absolute atomic E-state index is 0.231. The zero-order valence-corrected chi connectivity index (χ0v) is 12.4. The molecule has 0 spiro atoms. The van der Waals surface area contributed by atoms with Crippen LogP contribution in [0.25, 0.3) is 0 Å². The molecule has 1 aliphatic carbocycles. The minimum Gasteiger partial charge on any atom is -0.340 e. The number of nitrogens with zero attached hydrogens (tertiary/aromatic N) is 1. The van der Waals surface area contributed by atoms with Gasteiger partial charge in [0.1, 0.15) is 0 Å². The fraction of sp³-hybridized carbons (Fsp3) is 0.812. The third-order valence-corrected chi connectivity index (χ3v) is 4.44. The smallest absolute Gasteiger partial charge is 0.226 e. The average molecular weight is 264 g/mol. The molecule has 0 aromatic carbocycles. The standard InChI is InChI=1S/C16H28N2O/c1-13(2)18(12-14-8-10-17-11-9-14)16(19)15-6-4-3-5-7-15/h3-4,13-15,17H,5-12H2,1-2H3. The fourth-order valence-electron chi connectivity index (χ4n) is 3.15. The summed E-state index contributed by atoms with van der Waals surface area (Å²) in [6.07, 6.45) is 9.84. The second-order valence-corrected chi connectivity index (χ2v) is 6.26. The lowest BCUT2D eigenvalue weighted by atomic mass is 9.91. The van der Waals surface area contributed by atoms with Gasteiger partial charge in [0.25, 0.3) is 0 Å². The molecule has 0 radical (unpaired) electrons. The highest BCUT2D eigenvalue weighted by molar-refractivity contribution is 5.79. The Morgan fingerprint density at radius 1 is 1.26 bits per heavy atom. The van der Waals surface area contributed by atoms with Crippen LogP contribution in [0.3, 0.4) is 0 Å². The van der Waals surface area contributed by atoms with Gasteiger partial charge in [0.05, 0.1) is 0 Å². The molecule has 1 amide bonds. The number of hydrogen-bond acceptors (Lipinski definition) is 2. The van der Waals surface area contributed by atoms with E-state index in [0.717, 1.165) is 38.9 Å². The second-order valence-electron chi connectivity index (χ2n) is 6.26. The summed E-state index contributed by atoms with van der Waals surface area (Å²) in [5.41, 5.74) is 0. The van der Waals surface area contributed by atoms with Crippen LogP contribution < -0.4 is 5.32 Å². The predicted molar refractivity (Wildman–Crippen MR) is 78.9 cm³/mol. The first kappa shape index (κ1) is 14.6. The van der Waals surface area contributed by atoms with E-state index in [-0.39, 0.29) is 5.92 Å². The highest BCUT2D eigenvalue weighted by atomic mass is 16.2. The van der Waals surface area contributed by atoms with Crippen molar-refractivity contribution in [3.63, 3.8) is 0 Å². The first-order chi connectivity index (χ1) is 9.18. The normalized spacial score (nSPS) is 24.7. The van der Waals surface area contributed by atoms with Crippen molar-refractivity contribution in [1.29, 1.82) is 0 Å². The Kier molecular flexibility index (Phi) is 5.44. The van der Waals surface area contributed by atoms with Crippen molar-refractivity contribution in [2.24, 2.45) is 11.8 Å². The maximum atomic E-state index is 12.7. The van der Waals surface area contributed by atoms with Crippen molar-refractivity contribution in [2.45, 2.75) is 52.0 Å². The summed E-state index contributed by atoms with van der Waals surface area (Å²) in [7, 11) is 0. The molecule has 0 aromatic heterocycles. The van der Waals surface area contributed by atoms with Crippen molar-refractivity contribution in [1.82, 2.24) is 10.2 Å². The van der Waals surface area contributed by atoms with Gasteiger partial charge in [-0.2, -0.15) is 0 Å². The van der Waals surface area contributed by atoms with E-state index in [2.05, 4.69) is 36.2 Å². The van der Waals surface area contributed by atoms with Gasteiger partial charge in [0.2, 0.25) is 5.91 Å². The lowest BCUT2D eigenvalue weighted by Gasteiger charge is -2.35. The summed E-state index contributed by atoms with van der Waals surface area (Å²) in [4.78, 5) is 14.8. The van der Waals surface area contributed by atoms with Crippen molar-refractivity contribution >= 4 is 5.91 Å². The maximum absolute atomic E-state index is 12.7. The van der Waals surface area contributed by atoms with Gasteiger partial charge in [-0.05, 0) is 65.0 Å². The first-order valence-electron chi connectivity index (χ1n) is 7.84. The highest BCUT2D eigenvalue weighted by Gasteiger charge is 2.28. The Balaban J connectivity index is 1.94. The number of allylic oxidation sites excluding steroid dienone is 2. The Morgan fingerprint density at radius 2 is 2.00 bits per heavy atom. The molecule has 1 atom stereocenters. The van der Waals surface area contributed by atoms with Crippen LogP contribution in [0.5, 0.6) is 0 Å². The predicted octanol–water partition coefficient (Wildman–Crippen LogP) is 2.58. The van der Waals surface area contributed by atoms with E-state index in [9.17, 15) is 4.79 Å². The Hall–Kier alpha value is -0.830. The minimum atomic E-state index is 0.231. The summed E-state index contributed by atoms with van der Waals surface area (Å²) in [6.45, 7) is 7.47. The molecule has 0 bridgehead atoms. The molecule has 3 heteroatoms. The molecular formula is C16H28N2O. The van der Waals surface area contributed by atoms with Gasteiger partial charge >= 0.3 is 0 Å². The topological polar surface area (TPSA) is 32.3 Å². The van der Waals surface area contributed by atoms with Crippen molar-refractivity contribution in [3.05, 3.63) is 12.2 Å². The number of rotatable bonds is 4. The lowest BCUT2D eigenvalue weighted by Crippen LogP contribution is -2.45. The third kappa shape index (κ3) is 4.07. The van der Waals surface area contributed by atoms with Crippen LogP contribution >= 0.6 is 0 Å². The number of nitrogens with one attached hydrogen (secondary N) is 1. The molecule has 1 N–H and O–H groups in total.